The van der Waals surface area contributed by atoms with Crippen molar-refractivity contribution in [3.8, 4) is 11.5 Å². The van der Waals surface area contributed by atoms with Crippen LogP contribution in [0, 0.1) is 10.1 Å². The molecule has 10 nitrogen and oxygen atoms in total. The van der Waals surface area contributed by atoms with Gasteiger partial charge in [0.15, 0.2) is 17.3 Å². The molecule has 0 fully saturated rings. The molecule has 29 heavy (non-hydrogen) atoms. The van der Waals surface area contributed by atoms with Gasteiger partial charge in [-0.15, -0.1) is 10.2 Å². The van der Waals surface area contributed by atoms with Gasteiger partial charge in [0.25, 0.3) is 11.2 Å². The largest absolute Gasteiger partial charge is 0.493 e. The first-order valence-electron chi connectivity index (χ1n) is 8.86. The zero-order chi connectivity index (χ0) is 20.5. The van der Waals surface area contributed by atoms with Gasteiger partial charge in [0.1, 0.15) is 6.61 Å². The number of ether oxygens (including phenoxy) is 2. The van der Waals surface area contributed by atoms with Crippen molar-refractivity contribution < 1.29 is 14.4 Å². The van der Waals surface area contributed by atoms with E-state index < -0.39 is 4.92 Å². The number of nitrogens with zero attached hydrogens (tertiary/aromatic N) is 5. The van der Waals surface area contributed by atoms with Crippen molar-refractivity contribution in [3.63, 3.8) is 0 Å². The van der Waals surface area contributed by atoms with Crippen LogP contribution in [0.5, 0.6) is 11.5 Å². The topological polar surface area (TPSA) is 114 Å². The summed E-state index contributed by atoms with van der Waals surface area (Å²) in [5, 5.41) is 19.9. The number of nitro groups is 1. The number of hydrogen-bond donors (Lipinski definition) is 0. The Morgan fingerprint density at radius 3 is 2.66 bits per heavy atom. The molecule has 0 saturated carbocycles. The Balaban J connectivity index is 1.78. The number of aryl methyl sites for hydroxylation is 1. The molecule has 0 atom stereocenters. The van der Waals surface area contributed by atoms with Crippen LogP contribution in [0.2, 0.25) is 0 Å². The van der Waals surface area contributed by atoms with Gasteiger partial charge in [-0.05, 0) is 25.1 Å². The predicted molar refractivity (Wildman–Crippen MR) is 104 cm³/mol. The lowest BCUT2D eigenvalue weighted by Crippen LogP contribution is -2.22. The SMILES string of the molecule is CCn1c(=O)c2ccccc2n2c(COc3ccc([N+](=O)[O-])cc3OC)nnc12. The lowest BCUT2D eigenvalue weighted by atomic mass is 10.2. The highest BCUT2D eigenvalue weighted by atomic mass is 16.6. The van der Waals surface area contributed by atoms with E-state index in [1.165, 1.54) is 25.3 Å². The number of rotatable bonds is 6. The predicted octanol–water partition coefficient (Wildman–Crippen LogP) is 2.56. The van der Waals surface area contributed by atoms with Gasteiger partial charge in [0.2, 0.25) is 5.78 Å². The van der Waals surface area contributed by atoms with Gasteiger partial charge in [0, 0.05) is 12.6 Å². The van der Waals surface area contributed by atoms with E-state index in [9.17, 15) is 14.9 Å². The molecule has 0 bridgehead atoms. The number of fused-ring (bicyclic) bond motifs is 3. The number of nitro benzene ring substituents is 1. The normalized spacial score (nSPS) is 11.1. The molecular weight excluding hydrogens is 378 g/mol. The van der Waals surface area contributed by atoms with Crippen LogP contribution < -0.4 is 15.0 Å². The minimum atomic E-state index is -0.505. The molecular formula is C19H17N5O5. The van der Waals surface area contributed by atoms with Crippen molar-refractivity contribution >= 4 is 22.4 Å². The Labute approximate surface area is 164 Å². The lowest BCUT2D eigenvalue weighted by Gasteiger charge is -2.11. The van der Waals surface area contributed by atoms with Crippen LogP contribution in [-0.2, 0) is 13.2 Å². The number of methoxy groups -OCH3 is 1. The first-order chi connectivity index (χ1) is 14.0. The van der Waals surface area contributed by atoms with Gasteiger partial charge in [-0.3, -0.25) is 23.9 Å². The number of aromatic nitrogens is 4. The summed E-state index contributed by atoms with van der Waals surface area (Å²) < 4.78 is 14.3. The maximum atomic E-state index is 12.7. The van der Waals surface area contributed by atoms with Crippen LogP contribution in [0.15, 0.2) is 47.3 Å². The molecule has 0 N–H and O–H groups in total. The number of non-ortho nitro benzene ring substituents is 1. The summed E-state index contributed by atoms with van der Waals surface area (Å²) in [7, 11) is 1.41. The van der Waals surface area contributed by atoms with Gasteiger partial charge in [-0.2, -0.15) is 0 Å². The second-order valence-electron chi connectivity index (χ2n) is 6.20. The third-order valence-electron chi connectivity index (χ3n) is 4.61. The highest BCUT2D eigenvalue weighted by molar-refractivity contribution is 5.80. The van der Waals surface area contributed by atoms with Crippen molar-refractivity contribution in [3.05, 3.63) is 68.8 Å². The molecule has 10 heteroatoms. The molecule has 2 heterocycles. The summed E-state index contributed by atoms with van der Waals surface area (Å²) in [5.41, 5.74) is 0.448. The number of hydrogen-bond acceptors (Lipinski definition) is 7. The Hall–Kier alpha value is -3.95. The summed E-state index contributed by atoms with van der Waals surface area (Å²) in [6, 6.07) is 11.3. The molecule has 0 radical (unpaired) electrons. The molecule has 0 amide bonds. The molecule has 4 aromatic rings. The summed E-state index contributed by atoms with van der Waals surface area (Å²) in [6.07, 6.45) is 0. The smallest absolute Gasteiger partial charge is 0.273 e. The van der Waals surface area contributed by atoms with Crippen molar-refractivity contribution in [2.24, 2.45) is 0 Å². The molecule has 2 aromatic carbocycles. The van der Waals surface area contributed by atoms with Gasteiger partial charge >= 0.3 is 0 Å². The second kappa shape index (κ2) is 7.23. The average molecular weight is 395 g/mol. The summed E-state index contributed by atoms with van der Waals surface area (Å²) in [4.78, 5) is 23.1. The van der Waals surface area contributed by atoms with Gasteiger partial charge in [-0.1, -0.05) is 12.1 Å². The van der Waals surface area contributed by atoms with Crippen molar-refractivity contribution in [1.29, 1.82) is 0 Å². The molecule has 2 aromatic heterocycles. The summed E-state index contributed by atoms with van der Waals surface area (Å²) in [5.74, 6) is 1.48. The average Bonchev–Trinajstić information content (AvgIpc) is 3.16. The Morgan fingerprint density at radius 2 is 1.93 bits per heavy atom. The van der Waals surface area contributed by atoms with Crippen LogP contribution in [0.4, 0.5) is 5.69 Å². The Kier molecular flexibility index (Phi) is 4.59. The van der Waals surface area contributed by atoms with E-state index in [2.05, 4.69) is 10.2 Å². The molecule has 0 aliphatic carbocycles. The quantitative estimate of drug-likeness (QED) is 0.364. The first kappa shape index (κ1) is 18.4. The van der Waals surface area contributed by atoms with Gasteiger partial charge in [-0.25, -0.2) is 0 Å². The number of para-hydroxylation sites is 1. The van der Waals surface area contributed by atoms with Crippen LogP contribution in [0.1, 0.15) is 12.7 Å². The van der Waals surface area contributed by atoms with Crippen molar-refractivity contribution in [2.75, 3.05) is 7.11 Å². The second-order valence-corrected chi connectivity index (χ2v) is 6.20. The van der Waals surface area contributed by atoms with Crippen LogP contribution in [0.3, 0.4) is 0 Å². The van der Waals surface area contributed by atoms with Gasteiger partial charge < -0.3 is 9.47 Å². The first-order valence-corrected chi connectivity index (χ1v) is 8.86. The standard InChI is InChI=1S/C19H17N5O5/c1-3-22-18(25)13-6-4-5-7-14(13)23-17(20-21-19(22)23)11-29-15-9-8-12(24(26)27)10-16(15)28-2/h4-10H,3,11H2,1-2H3. The van der Waals surface area contributed by atoms with E-state index in [0.717, 1.165) is 0 Å². The van der Waals surface area contributed by atoms with Crippen LogP contribution in [0.25, 0.3) is 16.7 Å². The Bertz CT molecular complexity index is 1290. The molecule has 0 saturated heterocycles. The van der Waals surface area contributed by atoms with E-state index in [4.69, 9.17) is 9.47 Å². The zero-order valence-electron chi connectivity index (χ0n) is 15.7. The number of benzene rings is 2. The van der Waals surface area contributed by atoms with Crippen molar-refractivity contribution in [1.82, 2.24) is 19.2 Å². The zero-order valence-corrected chi connectivity index (χ0v) is 15.7. The molecule has 0 aliphatic rings. The van der Waals surface area contributed by atoms with E-state index in [-0.39, 0.29) is 23.6 Å². The molecule has 4 rings (SSSR count). The van der Waals surface area contributed by atoms with Crippen LogP contribution >= 0.6 is 0 Å². The monoisotopic (exact) mass is 395 g/mol. The third-order valence-corrected chi connectivity index (χ3v) is 4.61. The maximum absolute atomic E-state index is 12.7. The van der Waals surface area contributed by atoms with E-state index >= 15 is 0 Å². The fourth-order valence-corrected chi connectivity index (χ4v) is 3.22. The minimum Gasteiger partial charge on any atom is -0.493 e. The fourth-order valence-electron chi connectivity index (χ4n) is 3.22. The molecule has 0 aliphatic heterocycles. The minimum absolute atomic E-state index is 0.0290. The van der Waals surface area contributed by atoms with Crippen molar-refractivity contribution in [2.45, 2.75) is 20.1 Å². The maximum Gasteiger partial charge on any atom is 0.273 e. The lowest BCUT2D eigenvalue weighted by molar-refractivity contribution is -0.385. The summed E-state index contributed by atoms with van der Waals surface area (Å²) >= 11 is 0. The highest BCUT2D eigenvalue weighted by Crippen LogP contribution is 2.31. The van der Waals surface area contributed by atoms with Gasteiger partial charge in [0.05, 0.1) is 29.0 Å². The van der Waals surface area contributed by atoms with E-state index in [0.29, 0.717) is 34.8 Å². The van der Waals surface area contributed by atoms with E-state index in [1.807, 2.05) is 19.1 Å². The van der Waals surface area contributed by atoms with E-state index in [1.54, 1.807) is 21.1 Å². The highest BCUT2D eigenvalue weighted by Gasteiger charge is 2.17. The Morgan fingerprint density at radius 1 is 1.14 bits per heavy atom. The molecule has 148 valence electrons. The molecule has 0 spiro atoms. The summed E-state index contributed by atoms with van der Waals surface area (Å²) in [6.45, 7) is 2.34. The van der Waals surface area contributed by atoms with Crippen LogP contribution in [-0.4, -0.2) is 31.2 Å². The fraction of sp³-hybridized carbons (Fsp3) is 0.211. The molecule has 0 unspecified atom stereocenters. The third kappa shape index (κ3) is 3.04.